The smallest absolute Gasteiger partial charge is 0.267 e. The molecule has 2 aliphatic rings. The molecule has 2 aliphatic heterocycles. The molecule has 5 heteroatoms. The van der Waals surface area contributed by atoms with Gasteiger partial charge in [-0.25, -0.2) is 0 Å². The fraction of sp³-hybridized carbons (Fsp3) is 0.562. The van der Waals surface area contributed by atoms with Crippen molar-refractivity contribution in [2.45, 2.75) is 31.4 Å². The highest BCUT2D eigenvalue weighted by Gasteiger charge is 2.30. The summed E-state index contributed by atoms with van der Waals surface area (Å²) >= 11 is 0. The van der Waals surface area contributed by atoms with Crippen LogP contribution in [0.15, 0.2) is 24.3 Å². The zero-order valence-electron chi connectivity index (χ0n) is 12.4. The number of carbonyl (C=O) groups excluding carboxylic acids is 1. The molecule has 1 aromatic rings. The molecule has 0 saturated carbocycles. The topological polar surface area (TPSA) is 50.8 Å². The van der Waals surface area contributed by atoms with Crippen LogP contribution >= 0.6 is 0 Å². The molecule has 0 bridgehead atoms. The number of carbonyl (C=O) groups is 1. The van der Waals surface area contributed by atoms with Crippen LogP contribution < -0.4 is 14.8 Å². The summed E-state index contributed by atoms with van der Waals surface area (Å²) in [6.07, 6.45) is 3.04. The molecular formula is C16H22N2O3. The molecule has 114 valence electrons. The Kier molecular flexibility index (Phi) is 4.29. The van der Waals surface area contributed by atoms with Crippen LogP contribution in [0.5, 0.6) is 11.5 Å². The fourth-order valence-electron chi connectivity index (χ4n) is 2.89. The number of benzene rings is 1. The van der Waals surface area contributed by atoms with Crippen LogP contribution in [-0.4, -0.2) is 49.7 Å². The molecule has 5 nitrogen and oxygen atoms in total. The Balaban J connectivity index is 1.58. The number of hydrogen-bond donors (Lipinski definition) is 1. The first-order valence-electron chi connectivity index (χ1n) is 7.61. The Hall–Kier alpha value is -1.75. The lowest BCUT2D eigenvalue weighted by molar-refractivity contribution is -0.140. The first kappa shape index (κ1) is 14.2. The lowest BCUT2D eigenvalue weighted by atomic mass is 10.0. The molecule has 1 amide bonds. The van der Waals surface area contributed by atoms with Gasteiger partial charge in [-0.3, -0.25) is 4.79 Å². The minimum atomic E-state index is -0.548. The minimum Gasteiger partial charge on any atom is -0.485 e. The van der Waals surface area contributed by atoms with E-state index in [0.29, 0.717) is 17.5 Å². The van der Waals surface area contributed by atoms with Gasteiger partial charge in [-0.2, -0.15) is 0 Å². The van der Waals surface area contributed by atoms with E-state index in [1.165, 1.54) is 12.8 Å². The average molecular weight is 290 g/mol. The number of hydrogen-bond acceptors (Lipinski definition) is 4. The second-order valence-corrected chi connectivity index (χ2v) is 5.73. The molecule has 1 saturated heterocycles. The first-order chi connectivity index (χ1) is 10.2. The molecule has 2 unspecified atom stereocenters. The van der Waals surface area contributed by atoms with Gasteiger partial charge in [0, 0.05) is 19.6 Å². The van der Waals surface area contributed by atoms with E-state index in [-0.39, 0.29) is 12.5 Å². The number of para-hydroxylation sites is 2. The minimum absolute atomic E-state index is 0.0168. The lowest BCUT2D eigenvalue weighted by Crippen LogP contribution is -2.50. The third-order valence-electron chi connectivity index (χ3n) is 4.07. The van der Waals surface area contributed by atoms with Crippen molar-refractivity contribution in [3.8, 4) is 11.5 Å². The molecule has 1 aromatic carbocycles. The SMILES string of the molecule is CN(CC1CCCCN1)C(=O)C1COc2ccccc2O1. The van der Waals surface area contributed by atoms with E-state index < -0.39 is 6.10 Å². The fourth-order valence-corrected chi connectivity index (χ4v) is 2.89. The Morgan fingerprint density at radius 1 is 1.33 bits per heavy atom. The van der Waals surface area contributed by atoms with Crippen molar-refractivity contribution in [3.05, 3.63) is 24.3 Å². The number of fused-ring (bicyclic) bond motifs is 1. The van der Waals surface area contributed by atoms with Crippen LogP contribution in [0, 0.1) is 0 Å². The predicted octanol–water partition coefficient (Wildman–Crippen LogP) is 1.43. The van der Waals surface area contributed by atoms with Gasteiger partial charge in [0.05, 0.1) is 0 Å². The normalized spacial score (nSPS) is 24.4. The zero-order chi connectivity index (χ0) is 14.7. The molecule has 2 heterocycles. The van der Waals surface area contributed by atoms with E-state index in [9.17, 15) is 4.79 Å². The summed E-state index contributed by atoms with van der Waals surface area (Å²) in [5, 5.41) is 3.46. The second kappa shape index (κ2) is 6.35. The highest BCUT2D eigenvalue weighted by molar-refractivity contribution is 5.81. The maximum Gasteiger partial charge on any atom is 0.267 e. The summed E-state index contributed by atoms with van der Waals surface area (Å²) < 4.78 is 11.4. The van der Waals surface area contributed by atoms with Crippen molar-refractivity contribution in [2.75, 3.05) is 26.7 Å². The van der Waals surface area contributed by atoms with Crippen LogP contribution in [0.1, 0.15) is 19.3 Å². The number of ether oxygens (including phenoxy) is 2. The summed E-state index contributed by atoms with van der Waals surface area (Å²) in [6, 6.07) is 7.85. The second-order valence-electron chi connectivity index (χ2n) is 5.73. The third kappa shape index (κ3) is 3.29. The van der Waals surface area contributed by atoms with E-state index in [2.05, 4.69) is 5.32 Å². The maximum atomic E-state index is 12.5. The van der Waals surface area contributed by atoms with Crippen molar-refractivity contribution < 1.29 is 14.3 Å². The molecule has 0 aliphatic carbocycles. The quantitative estimate of drug-likeness (QED) is 0.915. The molecule has 0 radical (unpaired) electrons. The maximum absolute atomic E-state index is 12.5. The molecule has 1 N–H and O–H groups in total. The van der Waals surface area contributed by atoms with Crippen molar-refractivity contribution in [2.24, 2.45) is 0 Å². The summed E-state index contributed by atoms with van der Waals surface area (Å²) in [7, 11) is 1.84. The number of amides is 1. The monoisotopic (exact) mass is 290 g/mol. The van der Waals surface area contributed by atoms with E-state index in [1.807, 2.05) is 31.3 Å². The number of rotatable bonds is 3. The van der Waals surface area contributed by atoms with Gasteiger partial charge in [-0.1, -0.05) is 18.6 Å². The molecular weight excluding hydrogens is 268 g/mol. The van der Waals surface area contributed by atoms with Crippen LogP contribution in [-0.2, 0) is 4.79 Å². The first-order valence-corrected chi connectivity index (χ1v) is 7.61. The van der Waals surface area contributed by atoms with Gasteiger partial charge in [0.2, 0.25) is 6.10 Å². The Bertz CT molecular complexity index is 500. The van der Waals surface area contributed by atoms with Gasteiger partial charge < -0.3 is 19.7 Å². The molecule has 0 aromatic heterocycles. The molecule has 3 rings (SSSR count). The summed E-state index contributed by atoms with van der Waals surface area (Å²) in [6.45, 7) is 2.04. The summed E-state index contributed by atoms with van der Waals surface area (Å²) in [4.78, 5) is 14.2. The van der Waals surface area contributed by atoms with Gasteiger partial charge in [-0.15, -0.1) is 0 Å². The lowest BCUT2D eigenvalue weighted by Gasteiger charge is -2.32. The number of piperidine rings is 1. The Morgan fingerprint density at radius 3 is 2.90 bits per heavy atom. The van der Waals surface area contributed by atoms with Gasteiger partial charge in [0.25, 0.3) is 5.91 Å². The Labute approximate surface area is 125 Å². The van der Waals surface area contributed by atoms with Crippen molar-refractivity contribution in [3.63, 3.8) is 0 Å². The summed E-state index contributed by atoms with van der Waals surface area (Å²) in [5.41, 5.74) is 0. The van der Waals surface area contributed by atoms with Gasteiger partial charge in [0.15, 0.2) is 11.5 Å². The van der Waals surface area contributed by atoms with Crippen LogP contribution in [0.4, 0.5) is 0 Å². The van der Waals surface area contributed by atoms with Crippen molar-refractivity contribution in [1.29, 1.82) is 0 Å². The van der Waals surface area contributed by atoms with E-state index >= 15 is 0 Å². The predicted molar refractivity (Wildman–Crippen MR) is 79.6 cm³/mol. The van der Waals surface area contributed by atoms with Crippen molar-refractivity contribution in [1.82, 2.24) is 10.2 Å². The number of likely N-dealkylation sites (N-methyl/N-ethyl adjacent to an activating group) is 1. The highest BCUT2D eigenvalue weighted by atomic mass is 16.6. The van der Waals surface area contributed by atoms with E-state index in [4.69, 9.17) is 9.47 Å². The van der Waals surface area contributed by atoms with Gasteiger partial charge >= 0.3 is 0 Å². The Morgan fingerprint density at radius 2 is 2.14 bits per heavy atom. The van der Waals surface area contributed by atoms with E-state index in [1.54, 1.807) is 4.90 Å². The zero-order valence-corrected chi connectivity index (χ0v) is 12.4. The summed E-state index contributed by atoms with van der Waals surface area (Å²) in [5.74, 6) is 1.33. The van der Waals surface area contributed by atoms with Gasteiger partial charge in [-0.05, 0) is 31.5 Å². The molecule has 21 heavy (non-hydrogen) atoms. The van der Waals surface area contributed by atoms with Crippen LogP contribution in [0.3, 0.4) is 0 Å². The standard InChI is InChI=1S/C16H22N2O3/c1-18(10-12-6-4-5-9-17-12)16(19)15-11-20-13-7-2-3-8-14(13)21-15/h2-3,7-8,12,15,17H,4-6,9-11H2,1H3. The van der Waals surface area contributed by atoms with Crippen molar-refractivity contribution >= 4 is 5.91 Å². The molecule has 0 spiro atoms. The highest BCUT2D eigenvalue weighted by Crippen LogP contribution is 2.31. The van der Waals surface area contributed by atoms with Crippen LogP contribution in [0.25, 0.3) is 0 Å². The molecule has 2 atom stereocenters. The van der Waals surface area contributed by atoms with Crippen LogP contribution in [0.2, 0.25) is 0 Å². The number of nitrogens with zero attached hydrogens (tertiary/aromatic N) is 1. The largest absolute Gasteiger partial charge is 0.485 e. The van der Waals surface area contributed by atoms with E-state index in [0.717, 1.165) is 19.5 Å². The molecule has 1 fully saturated rings. The third-order valence-corrected chi connectivity index (χ3v) is 4.07. The van der Waals surface area contributed by atoms with Gasteiger partial charge in [0.1, 0.15) is 6.61 Å². The average Bonchev–Trinajstić information content (AvgIpc) is 2.54. The number of nitrogens with one attached hydrogen (secondary N) is 1.